The van der Waals surface area contributed by atoms with E-state index in [0.717, 1.165) is 26.1 Å². The summed E-state index contributed by atoms with van der Waals surface area (Å²) >= 11 is 3.66. The third kappa shape index (κ3) is 2.65. The van der Waals surface area contributed by atoms with Gasteiger partial charge in [0.1, 0.15) is 0 Å². The first-order valence-electron chi connectivity index (χ1n) is 5.70. The van der Waals surface area contributed by atoms with Gasteiger partial charge in [0.15, 0.2) is 0 Å². The largest absolute Gasteiger partial charge is 0.380 e. The first-order chi connectivity index (χ1) is 7.70. The average molecular weight is 284 g/mol. The van der Waals surface area contributed by atoms with Gasteiger partial charge in [0.05, 0.1) is 6.10 Å². The van der Waals surface area contributed by atoms with E-state index < -0.39 is 0 Å². The van der Waals surface area contributed by atoms with E-state index in [0.29, 0.717) is 6.10 Å². The molecule has 0 radical (unpaired) electrons. The predicted octanol–water partition coefficient (Wildman–Crippen LogP) is 2.98. The van der Waals surface area contributed by atoms with Gasteiger partial charge in [-0.25, -0.2) is 0 Å². The van der Waals surface area contributed by atoms with Gasteiger partial charge in [0, 0.05) is 31.2 Å². The Hall–Kier alpha value is -0.380. The number of benzene rings is 1. The highest BCUT2D eigenvalue weighted by Gasteiger charge is 2.22. The van der Waals surface area contributed by atoms with Gasteiger partial charge in [-0.2, -0.15) is 0 Å². The van der Waals surface area contributed by atoms with E-state index >= 15 is 0 Å². The zero-order valence-corrected chi connectivity index (χ0v) is 11.5. The van der Waals surface area contributed by atoms with Gasteiger partial charge in [0.25, 0.3) is 0 Å². The molecule has 0 aromatic heterocycles. The molecule has 0 saturated carbocycles. The maximum atomic E-state index is 5.38. The molecule has 1 aliphatic rings. The summed E-state index contributed by atoms with van der Waals surface area (Å²) in [5.74, 6) is 0. The molecule has 1 fully saturated rings. The molecule has 0 aliphatic carbocycles. The van der Waals surface area contributed by atoms with Crippen molar-refractivity contribution in [3.63, 3.8) is 0 Å². The van der Waals surface area contributed by atoms with E-state index in [9.17, 15) is 0 Å². The van der Waals surface area contributed by atoms with E-state index in [2.05, 4.69) is 46.0 Å². The highest BCUT2D eigenvalue weighted by molar-refractivity contribution is 9.10. The molecule has 0 amide bonds. The molecule has 16 heavy (non-hydrogen) atoms. The molecule has 1 saturated heterocycles. The van der Waals surface area contributed by atoms with Crippen molar-refractivity contribution < 1.29 is 4.74 Å². The SMILES string of the molecule is CO[C@@H]1CCN(Cc2cccc(C)c2Br)C1. The summed E-state index contributed by atoms with van der Waals surface area (Å²) in [7, 11) is 1.80. The molecule has 1 atom stereocenters. The Balaban J connectivity index is 2.02. The molecule has 2 nitrogen and oxygen atoms in total. The van der Waals surface area contributed by atoms with Crippen LogP contribution in [-0.2, 0) is 11.3 Å². The molecule has 0 unspecified atom stereocenters. The van der Waals surface area contributed by atoms with E-state index in [1.54, 1.807) is 7.11 Å². The van der Waals surface area contributed by atoms with Crippen molar-refractivity contribution in [3.05, 3.63) is 33.8 Å². The summed E-state index contributed by atoms with van der Waals surface area (Å²) < 4.78 is 6.63. The van der Waals surface area contributed by atoms with Crippen LogP contribution in [0.1, 0.15) is 17.5 Å². The quantitative estimate of drug-likeness (QED) is 0.846. The van der Waals surface area contributed by atoms with E-state index in [-0.39, 0.29) is 0 Å². The molecular weight excluding hydrogens is 266 g/mol. The van der Waals surface area contributed by atoms with Crippen molar-refractivity contribution in [2.45, 2.75) is 26.0 Å². The summed E-state index contributed by atoms with van der Waals surface area (Å²) in [5, 5.41) is 0. The number of ether oxygens (including phenoxy) is 1. The zero-order chi connectivity index (χ0) is 11.5. The lowest BCUT2D eigenvalue weighted by Crippen LogP contribution is -2.22. The topological polar surface area (TPSA) is 12.5 Å². The zero-order valence-electron chi connectivity index (χ0n) is 9.87. The van der Waals surface area contributed by atoms with Crippen LogP contribution >= 0.6 is 15.9 Å². The van der Waals surface area contributed by atoms with Crippen LogP contribution in [-0.4, -0.2) is 31.2 Å². The second kappa shape index (κ2) is 5.30. The fourth-order valence-corrected chi connectivity index (χ4v) is 2.59. The predicted molar refractivity (Wildman–Crippen MR) is 69.6 cm³/mol. The third-order valence-electron chi connectivity index (χ3n) is 3.23. The Kier molecular flexibility index (Phi) is 4.00. The number of methoxy groups -OCH3 is 1. The van der Waals surface area contributed by atoms with Gasteiger partial charge >= 0.3 is 0 Å². The number of halogens is 1. The van der Waals surface area contributed by atoms with E-state index in [1.807, 2.05) is 0 Å². The minimum atomic E-state index is 0.420. The van der Waals surface area contributed by atoms with Gasteiger partial charge in [0.2, 0.25) is 0 Å². The van der Waals surface area contributed by atoms with Crippen LogP contribution in [0.15, 0.2) is 22.7 Å². The maximum absolute atomic E-state index is 5.38. The lowest BCUT2D eigenvalue weighted by Gasteiger charge is -2.17. The molecule has 0 spiro atoms. The Bertz CT molecular complexity index is 367. The number of nitrogens with zero attached hydrogens (tertiary/aromatic N) is 1. The molecule has 0 N–H and O–H groups in total. The Morgan fingerprint density at radius 1 is 1.50 bits per heavy atom. The third-order valence-corrected chi connectivity index (χ3v) is 4.36. The van der Waals surface area contributed by atoms with E-state index in [4.69, 9.17) is 4.74 Å². The first-order valence-corrected chi connectivity index (χ1v) is 6.49. The molecule has 1 aromatic rings. The van der Waals surface area contributed by atoms with Crippen molar-refractivity contribution in [2.75, 3.05) is 20.2 Å². The van der Waals surface area contributed by atoms with Gasteiger partial charge in [-0.3, -0.25) is 4.90 Å². The smallest absolute Gasteiger partial charge is 0.0710 e. The van der Waals surface area contributed by atoms with Crippen LogP contribution < -0.4 is 0 Å². The van der Waals surface area contributed by atoms with Crippen LogP contribution in [0, 0.1) is 6.92 Å². The monoisotopic (exact) mass is 283 g/mol. The number of hydrogen-bond donors (Lipinski definition) is 0. The number of hydrogen-bond acceptors (Lipinski definition) is 2. The highest BCUT2D eigenvalue weighted by atomic mass is 79.9. The molecule has 0 bridgehead atoms. The average Bonchev–Trinajstić information content (AvgIpc) is 2.73. The summed E-state index contributed by atoms with van der Waals surface area (Å²) in [6.45, 7) is 5.34. The van der Waals surface area contributed by atoms with Crippen molar-refractivity contribution in [2.24, 2.45) is 0 Å². The Morgan fingerprint density at radius 2 is 2.31 bits per heavy atom. The fraction of sp³-hybridized carbons (Fsp3) is 0.538. The highest BCUT2D eigenvalue weighted by Crippen LogP contribution is 2.24. The number of rotatable bonds is 3. The molecule has 3 heteroatoms. The fourth-order valence-electron chi connectivity index (χ4n) is 2.20. The Morgan fingerprint density at radius 3 is 3.00 bits per heavy atom. The van der Waals surface area contributed by atoms with Crippen molar-refractivity contribution in [1.82, 2.24) is 4.90 Å². The molecule has 1 aliphatic heterocycles. The van der Waals surface area contributed by atoms with Crippen molar-refractivity contribution in [3.8, 4) is 0 Å². The lowest BCUT2D eigenvalue weighted by molar-refractivity contribution is 0.107. The number of likely N-dealkylation sites (tertiary alicyclic amines) is 1. The Labute approximate surface area is 106 Å². The molecule has 1 aromatic carbocycles. The first kappa shape index (κ1) is 12.1. The van der Waals surface area contributed by atoms with Gasteiger partial charge in [-0.1, -0.05) is 34.1 Å². The van der Waals surface area contributed by atoms with Gasteiger partial charge in [-0.15, -0.1) is 0 Å². The minimum Gasteiger partial charge on any atom is -0.380 e. The number of aryl methyl sites for hydroxylation is 1. The molecule has 1 heterocycles. The molecule has 88 valence electrons. The molecular formula is C13H18BrNO. The lowest BCUT2D eigenvalue weighted by atomic mass is 10.1. The van der Waals surface area contributed by atoms with Crippen LogP contribution in [0.4, 0.5) is 0 Å². The van der Waals surface area contributed by atoms with Crippen LogP contribution in [0.2, 0.25) is 0 Å². The summed E-state index contributed by atoms with van der Waals surface area (Å²) in [6.07, 6.45) is 1.57. The van der Waals surface area contributed by atoms with Crippen LogP contribution in [0.3, 0.4) is 0 Å². The van der Waals surface area contributed by atoms with Gasteiger partial charge in [-0.05, 0) is 24.5 Å². The summed E-state index contributed by atoms with van der Waals surface area (Å²) in [4.78, 5) is 2.45. The van der Waals surface area contributed by atoms with Crippen molar-refractivity contribution in [1.29, 1.82) is 0 Å². The van der Waals surface area contributed by atoms with E-state index in [1.165, 1.54) is 15.6 Å². The normalized spacial score (nSPS) is 21.6. The summed E-state index contributed by atoms with van der Waals surface area (Å²) in [5.41, 5.74) is 2.68. The minimum absolute atomic E-state index is 0.420. The van der Waals surface area contributed by atoms with Crippen molar-refractivity contribution >= 4 is 15.9 Å². The standard InChI is InChI=1S/C13H18BrNO/c1-10-4-3-5-11(13(10)14)8-15-7-6-12(9-15)16-2/h3-5,12H,6-9H2,1-2H3/t12-/m1/s1. The van der Waals surface area contributed by atoms with Crippen LogP contribution in [0.25, 0.3) is 0 Å². The summed E-state index contributed by atoms with van der Waals surface area (Å²) in [6, 6.07) is 6.45. The maximum Gasteiger partial charge on any atom is 0.0710 e. The van der Waals surface area contributed by atoms with Gasteiger partial charge < -0.3 is 4.74 Å². The second-order valence-electron chi connectivity index (χ2n) is 4.43. The molecule has 2 rings (SSSR count). The van der Waals surface area contributed by atoms with Crippen LogP contribution in [0.5, 0.6) is 0 Å². The second-order valence-corrected chi connectivity index (χ2v) is 5.22.